The van der Waals surface area contributed by atoms with Gasteiger partial charge in [0.05, 0.1) is 20.6 Å². The summed E-state index contributed by atoms with van der Waals surface area (Å²) in [5.74, 6) is 0.395. The molecule has 1 N–H and O–H groups in total. The van der Waals surface area contributed by atoms with Crippen molar-refractivity contribution >= 4 is 17.6 Å². The SMILES string of the molecule is COc1ccc(NC(=O)COC(=O)Cc2ccccc2OC)cc1. The van der Waals surface area contributed by atoms with Gasteiger partial charge in [0.1, 0.15) is 11.5 Å². The Balaban J connectivity index is 1.81. The number of carbonyl (C=O) groups is 2. The number of carbonyl (C=O) groups excluding carboxylic acids is 2. The first kappa shape index (κ1) is 17.3. The molecule has 2 rings (SSSR count). The summed E-state index contributed by atoms with van der Waals surface area (Å²) >= 11 is 0. The number of para-hydroxylation sites is 1. The van der Waals surface area contributed by atoms with E-state index >= 15 is 0 Å². The third-order valence-corrected chi connectivity index (χ3v) is 3.27. The van der Waals surface area contributed by atoms with E-state index < -0.39 is 11.9 Å². The molecule has 0 aliphatic heterocycles. The number of benzene rings is 2. The zero-order valence-electron chi connectivity index (χ0n) is 13.6. The zero-order valence-corrected chi connectivity index (χ0v) is 13.6. The van der Waals surface area contributed by atoms with Gasteiger partial charge in [0.2, 0.25) is 0 Å². The van der Waals surface area contributed by atoms with Gasteiger partial charge >= 0.3 is 5.97 Å². The average Bonchev–Trinajstić information content (AvgIpc) is 2.61. The van der Waals surface area contributed by atoms with Crippen molar-refractivity contribution in [2.45, 2.75) is 6.42 Å². The lowest BCUT2D eigenvalue weighted by molar-refractivity contribution is -0.146. The minimum Gasteiger partial charge on any atom is -0.497 e. The topological polar surface area (TPSA) is 73.9 Å². The van der Waals surface area contributed by atoms with Crippen LogP contribution in [0.15, 0.2) is 48.5 Å². The van der Waals surface area contributed by atoms with Crippen LogP contribution in [-0.2, 0) is 20.7 Å². The first-order valence-electron chi connectivity index (χ1n) is 7.34. The molecule has 0 bridgehead atoms. The van der Waals surface area contributed by atoms with Gasteiger partial charge in [-0.05, 0) is 30.3 Å². The molecule has 2 aromatic carbocycles. The highest BCUT2D eigenvalue weighted by atomic mass is 16.5. The van der Waals surface area contributed by atoms with Crippen LogP contribution in [0.5, 0.6) is 11.5 Å². The molecular weight excluding hydrogens is 310 g/mol. The smallest absolute Gasteiger partial charge is 0.310 e. The van der Waals surface area contributed by atoms with Crippen LogP contribution < -0.4 is 14.8 Å². The minimum absolute atomic E-state index is 0.0415. The highest BCUT2D eigenvalue weighted by molar-refractivity contribution is 5.92. The summed E-state index contributed by atoms with van der Waals surface area (Å²) in [6, 6.07) is 14.0. The number of amides is 1. The van der Waals surface area contributed by atoms with E-state index in [2.05, 4.69) is 5.32 Å². The van der Waals surface area contributed by atoms with Crippen molar-refractivity contribution < 1.29 is 23.8 Å². The van der Waals surface area contributed by atoms with E-state index in [9.17, 15) is 9.59 Å². The second-order valence-corrected chi connectivity index (χ2v) is 4.93. The van der Waals surface area contributed by atoms with Crippen molar-refractivity contribution in [3.05, 3.63) is 54.1 Å². The Kier molecular flexibility index (Phi) is 6.19. The fraction of sp³-hybridized carbons (Fsp3) is 0.222. The molecule has 0 aromatic heterocycles. The molecule has 24 heavy (non-hydrogen) atoms. The Bertz CT molecular complexity index is 697. The molecule has 0 saturated heterocycles. The van der Waals surface area contributed by atoms with Gasteiger partial charge in [0, 0.05) is 11.3 Å². The number of ether oxygens (including phenoxy) is 3. The van der Waals surface area contributed by atoms with Crippen LogP contribution in [-0.4, -0.2) is 32.7 Å². The van der Waals surface area contributed by atoms with E-state index in [4.69, 9.17) is 14.2 Å². The van der Waals surface area contributed by atoms with Crippen molar-refractivity contribution in [3.63, 3.8) is 0 Å². The van der Waals surface area contributed by atoms with Gasteiger partial charge < -0.3 is 19.5 Å². The molecule has 0 fully saturated rings. The fourth-order valence-electron chi connectivity index (χ4n) is 2.07. The van der Waals surface area contributed by atoms with Gasteiger partial charge in [-0.25, -0.2) is 0 Å². The van der Waals surface area contributed by atoms with Gasteiger partial charge in [-0.3, -0.25) is 9.59 Å². The fourth-order valence-corrected chi connectivity index (χ4v) is 2.07. The Morgan fingerprint density at radius 3 is 2.33 bits per heavy atom. The minimum atomic E-state index is -0.496. The molecule has 126 valence electrons. The van der Waals surface area contributed by atoms with Crippen LogP contribution in [0.2, 0.25) is 0 Å². The molecule has 0 aliphatic carbocycles. The van der Waals surface area contributed by atoms with Crippen molar-refractivity contribution in [1.29, 1.82) is 0 Å². The molecule has 6 nitrogen and oxygen atoms in total. The predicted octanol–water partition coefficient (Wildman–Crippen LogP) is 2.43. The number of hydrogen-bond donors (Lipinski definition) is 1. The first-order valence-corrected chi connectivity index (χ1v) is 7.34. The molecule has 0 radical (unpaired) electrons. The standard InChI is InChI=1S/C18H19NO5/c1-22-15-9-7-14(8-10-15)19-17(20)12-24-18(21)11-13-5-3-4-6-16(13)23-2/h3-10H,11-12H2,1-2H3,(H,19,20). The van der Waals surface area contributed by atoms with Crippen molar-refractivity contribution in [1.82, 2.24) is 0 Å². The van der Waals surface area contributed by atoms with E-state index in [0.717, 1.165) is 0 Å². The molecule has 0 atom stereocenters. The van der Waals surface area contributed by atoms with E-state index in [1.807, 2.05) is 12.1 Å². The van der Waals surface area contributed by atoms with E-state index in [0.29, 0.717) is 22.7 Å². The van der Waals surface area contributed by atoms with Crippen LogP contribution >= 0.6 is 0 Å². The van der Waals surface area contributed by atoms with Crippen LogP contribution in [0.4, 0.5) is 5.69 Å². The summed E-state index contributed by atoms with van der Waals surface area (Å²) < 4.78 is 15.2. The molecule has 0 saturated carbocycles. The highest BCUT2D eigenvalue weighted by Gasteiger charge is 2.11. The van der Waals surface area contributed by atoms with Crippen molar-refractivity contribution in [2.24, 2.45) is 0 Å². The number of rotatable bonds is 7. The Morgan fingerprint density at radius 1 is 0.958 bits per heavy atom. The number of hydrogen-bond acceptors (Lipinski definition) is 5. The molecule has 0 unspecified atom stereocenters. The maximum absolute atomic E-state index is 11.8. The number of anilines is 1. The molecule has 0 spiro atoms. The Labute approximate surface area is 140 Å². The Hall–Kier alpha value is -3.02. The molecule has 2 aromatic rings. The number of esters is 1. The van der Waals surface area contributed by atoms with E-state index in [-0.39, 0.29) is 13.0 Å². The van der Waals surface area contributed by atoms with Gasteiger partial charge in [-0.1, -0.05) is 18.2 Å². The average molecular weight is 329 g/mol. The number of nitrogens with one attached hydrogen (secondary N) is 1. The summed E-state index contributed by atoms with van der Waals surface area (Å²) in [4.78, 5) is 23.6. The lowest BCUT2D eigenvalue weighted by Gasteiger charge is -2.09. The lowest BCUT2D eigenvalue weighted by Crippen LogP contribution is -2.21. The van der Waals surface area contributed by atoms with Crippen LogP contribution in [0.3, 0.4) is 0 Å². The largest absolute Gasteiger partial charge is 0.497 e. The summed E-state index contributed by atoms with van der Waals surface area (Å²) in [5, 5.41) is 2.64. The van der Waals surface area contributed by atoms with Gasteiger partial charge in [0.15, 0.2) is 6.61 Å². The van der Waals surface area contributed by atoms with Gasteiger partial charge in [-0.2, -0.15) is 0 Å². The van der Waals surface area contributed by atoms with Crippen molar-refractivity contribution in [2.75, 3.05) is 26.1 Å². The third kappa shape index (κ3) is 5.01. The monoisotopic (exact) mass is 329 g/mol. The normalized spacial score (nSPS) is 9.92. The van der Waals surface area contributed by atoms with Gasteiger partial charge in [0.25, 0.3) is 5.91 Å². The molecular formula is C18H19NO5. The predicted molar refractivity (Wildman–Crippen MR) is 89.3 cm³/mol. The first-order chi connectivity index (χ1) is 11.6. The summed E-state index contributed by atoms with van der Waals surface area (Å²) in [6.07, 6.45) is 0.0415. The summed E-state index contributed by atoms with van der Waals surface area (Å²) in [6.45, 7) is -0.347. The molecule has 6 heteroatoms. The maximum Gasteiger partial charge on any atom is 0.310 e. The van der Waals surface area contributed by atoms with Crippen LogP contribution in [0.1, 0.15) is 5.56 Å². The zero-order chi connectivity index (χ0) is 17.4. The molecule has 0 heterocycles. The summed E-state index contributed by atoms with van der Waals surface area (Å²) in [5.41, 5.74) is 1.31. The van der Waals surface area contributed by atoms with E-state index in [1.165, 1.54) is 7.11 Å². The second-order valence-electron chi connectivity index (χ2n) is 4.93. The Morgan fingerprint density at radius 2 is 1.67 bits per heavy atom. The lowest BCUT2D eigenvalue weighted by atomic mass is 10.1. The maximum atomic E-state index is 11.8. The van der Waals surface area contributed by atoms with Crippen LogP contribution in [0, 0.1) is 0 Å². The quantitative estimate of drug-likeness (QED) is 0.790. The molecule has 1 amide bonds. The highest BCUT2D eigenvalue weighted by Crippen LogP contribution is 2.18. The van der Waals surface area contributed by atoms with Gasteiger partial charge in [-0.15, -0.1) is 0 Å². The second kappa shape index (κ2) is 8.57. The van der Waals surface area contributed by atoms with Crippen molar-refractivity contribution in [3.8, 4) is 11.5 Å². The van der Waals surface area contributed by atoms with E-state index in [1.54, 1.807) is 43.5 Å². The third-order valence-electron chi connectivity index (χ3n) is 3.27. The summed E-state index contributed by atoms with van der Waals surface area (Å²) in [7, 11) is 3.10. The number of methoxy groups -OCH3 is 2. The molecule has 0 aliphatic rings. The van der Waals surface area contributed by atoms with Crippen LogP contribution in [0.25, 0.3) is 0 Å².